The first-order chi connectivity index (χ1) is 19.1. The van der Waals surface area contributed by atoms with Gasteiger partial charge in [-0.2, -0.15) is 35.5 Å². The highest BCUT2D eigenvalue weighted by atomic mass is 32.2. The van der Waals surface area contributed by atoms with E-state index in [1.165, 1.54) is 13.5 Å². The summed E-state index contributed by atoms with van der Waals surface area (Å²) in [7, 11) is -3.85. The van der Waals surface area contributed by atoms with Crippen LogP contribution >= 0.6 is 0 Å². The number of hydrogen-bond acceptors (Lipinski definition) is 5. The zero-order valence-corrected chi connectivity index (χ0v) is 23.2. The van der Waals surface area contributed by atoms with Gasteiger partial charge in [-0.25, -0.2) is 8.78 Å². The van der Waals surface area contributed by atoms with Crippen molar-refractivity contribution in [2.75, 3.05) is 32.7 Å². The second-order valence-corrected chi connectivity index (χ2v) is 12.9. The molecule has 0 aromatic heterocycles. The summed E-state index contributed by atoms with van der Waals surface area (Å²) in [5, 5.41) is 11.3. The second-order valence-electron chi connectivity index (χ2n) is 10.9. The van der Waals surface area contributed by atoms with E-state index in [9.17, 15) is 40.0 Å². The number of alkyl halides is 5. The van der Waals surface area contributed by atoms with Gasteiger partial charge in [-0.3, -0.25) is 9.59 Å². The zero-order chi connectivity index (χ0) is 30.2. The van der Waals surface area contributed by atoms with Gasteiger partial charge in [0.1, 0.15) is 6.04 Å². The lowest BCUT2D eigenvalue weighted by atomic mass is 9.97. The lowest BCUT2D eigenvalue weighted by Gasteiger charge is -2.41. The van der Waals surface area contributed by atoms with Crippen molar-refractivity contribution in [1.29, 1.82) is 5.26 Å². The average molecular weight is 606 g/mol. The Bertz CT molecular complexity index is 1270. The van der Waals surface area contributed by atoms with Crippen molar-refractivity contribution in [2.45, 2.75) is 63.2 Å². The van der Waals surface area contributed by atoms with Crippen LogP contribution in [0.4, 0.5) is 22.0 Å². The van der Waals surface area contributed by atoms with Gasteiger partial charge in [0.05, 0.1) is 30.4 Å². The van der Waals surface area contributed by atoms with Gasteiger partial charge in [0.2, 0.25) is 11.8 Å². The number of likely N-dealkylation sites (tertiary alicyclic amines) is 1. The molecule has 3 heterocycles. The third kappa shape index (κ3) is 7.15. The molecule has 0 unspecified atom stereocenters. The summed E-state index contributed by atoms with van der Waals surface area (Å²) in [5.41, 5.74) is -0.384. The van der Waals surface area contributed by atoms with Crippen LogP contribution < -0.4 is 5.32 Å². The first kappa shape index (κ1) is 31.1. The van der Waals surface area contributed by atoms with Crippen LogP contribution in [0.3, 0.4) is 0 Å². The molecule has 41 heavy (non-hydrogen) atoms. The fourth-order valence-electron chi connectivity index (χ4n) is 5.52. The van der Waals surface area contributed by atoms with Crippen LogP contribution in [0.15, 0.2) is 24.3 Å². The Balaban J connectivity index is 1.45. The molecule has 15 heteroatoms. The minimum Gasteiger partial charge on any atom is -0.347 e. The summed E-state index contributed by atoms with van der Waals surface area (Å²) in [6.07, 6.45) is -4.64. The quantitative estimate of drug-likeness (QED) is 0.457. The van der Waals surface area contributed by atoms with E-state index in [0.717, 1.165) is 24.3 Å². The molecule has 2 amide bonds. The molecule has 3 aliphatic heterocycles. The fraction of sp³-hybridized carbons (Fsp3) is 0.654. The van der Waals surface area contributed by atoms with Crippen LogP contribution in [0.25, 0.3) is 0 Å². The van der Waals surface area contributed by atoms with Crippen LogP contribution in [0.2, 0.25) is 0 Å². The van der Waals surface area contributed by atoms with Gasteiger partial charge in [0.15, 0.2) is 0 Å². The predicted octanol–water partition coefficient (Wildman–Crippen LogP) is 3.31. The molecule has 3 atom stereocenters. The maximum absolute atomic E-state index is 13.6. The highest BCUT2D eigenvalue weighted by Crippen LogP contribution is 2.34. The number of piperidine rings is 1. The first-order valence-corrected chi connectivity index (χ1v) is 14.8. The topological polar surface area (TPSA) is 114 Å². The molecule has 1 N–H and O–H groups in total. The summed E-state index contributed by atoms with van der Waals surface area (Å²) in [4.78, 5) is 28.0. The van der Waals surface area contributed by atoms with E-state index in [-0.39, 0.29) is 56.2 Å². The van der Waals surface area contributed by atoms with Gasteiger partial charge in [0.25, 0.3) is 16.1 Å². The maximum atomic E-state index is 13.6. The van der Waals surface area contributed by atoms with Gasteiger partial charge < -0.3 is 10.2 Å². The average Bonchev–Trinajstić information content (AvgIpc) is 3.36. The molecule has 3 fully saturated rings. The van der Waals surface area contributed by atoms with Crippen molar-refractivity contribution in [3.8, 4) is 6.07 Å². The molecular weight excluding hydrogens is 573 g/mol. The molecule has 226 valence electrons. The summed E-state index contributed by atoms with van der Waals surface area (Å²) >= 11 is 0. The Labute approximate surface area is 235 Å². The van der Waals surface area contributed by atoms with Crippen LogP contribution in [-0.2, 0) is 25.7 Å². The second kappa shape index (κ2) is 11.8. The largest absolute Gasteiger partial charge is 0.391 e. The van der Waals surface area contributed by atoms with E-state index in [2.05, 4.69) is 5.32 Å². The van der Waals surface area contributed by atoms with Crippen molar-refractivity contribution >= 4 is 22.0 Å². The number of halogens is 5. The normalized spacial score (nSPS) is 24.0. The number of carbonyl (C=O) groups excluding carboxylic acids is 2. The molecule has 0 radical (unpaired) electrons. The Morgan fingerprint density at radius 1 is 1.02 bits per heavy atom. The molecule has 3 saturated heterocycles. The van der Waals surface area contributed by atoms with Crippen molar-refractivity contribution in [1.82, 2.24) is 18.8 Å². The minimum absolute atomic E-state index is 0.00249. The van der Waals surface area contributed by atoms with E-state index in [1.807, 2.05) is 6.07 Å². The van der Waals surface area contributed by atoms with Crippen LogP contribution in [-0.4, -0.2) is 78.7 Å². The van der Waals surface area contributed by atoms with E-state index in [0.29, 0.717) is 26.2 Å². The van der Waals surface area contributed by atoms with Gasteiger partial charge >= 0.3 is 6.18 Å². The number of nitrogens with one attached hydrogen (secondary N) is 1. The molecule has 1 aromatic rings. The maximum Gasteiger partial charge on any atom is 0.391 e. The smallest absolute Gasteiger partial charge is 0.347 e. The van der Waals surface area contributed by atoms with Crippen LogP contribution in [0, 0.1) is 23.2 Å². The number of rotatable bonds is 8. The Hall–Kier alpha value is -2.83. The number of nitriles is 1. The fourth-order valence-corrected chi connectivity index (χ4v) is 7.31. The molecule has 0 spiro atoms. The first-order valence-electron chi connectivity index (χ1n) is 13.4. The van der Waals surface area contributed by atoms with Crippen LogP contribution in [0.1, 0.15) is 56.2 Å². The summed E-state index contributed by atoms with van der Waals surface area (Å²) in [6.45, 7) is 1.16. The third-order valence-electron chi connectivity index (χ3n) is 7.83. The standard InChI is InChI=1S/C26H32F5N5O4S/c1-25(27,28)20-8-6-18(7-9-20)21(12-26(29,30)31)33-23(37)22-5-3-11-36(22)24(38)19-4-2-10-34(16-19)41(39,40)35-14-17(13-32)15-35/h6-9,17,19,21-22H,2-5,10-12,14-16H2,1H3,(H,33,37)/t19-,21+,22+/m0/s1. The Morgan fingerprint density at radius 2 is 1.66 bits per heavy atom. The van der Waals surface area contributed by atoms with Gasteiger partial charge in [-0.15, -0.1) is 0 Å². The Morgan fingerprint density at radius 3 is 2.24 bits per heavy atom. The molecule has 3 aliphatic rings. The van der Waals surface area contributed by atoms with Gasteiger partial charge in [-0.1, -0.05) is 24.3 Å². The zero-order valence-electron chi connectivity index (χ0n) is 22.4. The van der Waals surface area contributed by atoms with E-state index in [1.54, 1.807) is 0 Å². The molecule has 9 nitrogen and oxygen atoms in total. The summed E-state index contributed by atoms with van der Waals surface area (Å²) < 4.78 is 95.7. The molecule has 0 aliphatic carbocycles. The lowest BCUT2D eigenvalue weighted by Crippen LogP contribution is -2.57. The summed E-state index contributed by atoms with van der Waals surface area (Å²) in [5.74, 6) is -5.52. The molecule has 0 saturated carbocycles. The monoisotopic (exact) mass is 605 g/mol. The Kier molecular flexibility index (Phi) is 8.96. The highest BCUT2D eigenvalue weighted by Gasteiger charge is 2.44. The predicted molar refractivity (Wildman–Crippen MR) is 136 cm³/mol. The van der Waals surface area contributed by atoms with Crippen molar-refractivity contribution < 1.29 is 40.0 Å². The minimum atomic E-state index is -4.67. The highest BCUT2D eigenvalue weighted by molar-refractivity contribution is 7.86. The number of nitrogens with zero attached hydrogens (tertiary/aromatic N) is 4. The van der Waals surface area contributed by atoms with E-state index >= 15 is 0 Å². The molecular formula is C26H32F5N5O4S. The number of hydrogen-bond donors (Lipinski definition) is 1. The lowest BCUT2D eigenvalue weighted by molar-refractivity contribution is -0.147. The number of carbonyl (C=O) groups is 2. The van der Waals surface area contributed by atoms with Crippen molar-refractivity contribution in [3.63, 3.8) is 0 Å². The number of benzene rings is 1. The molecule has 4 rings (SSSR count). The van der Waals surface area contributed by atoms with Crippen molar-refractivity contribution in [3.05, 3.63) is 35.4 Å². The van der Waals surface area contributed by atoms with Gasteiger partial charge in [-0.05, 0) is 31.2 Å². The molecule has 1 aromatic carbocycles. The number of amides is 2. The SMILES string of the molecule is CC(F)(F)c1ccc([C@@H](CC(F)(F)F)NC(=O)[C@H]2CCCN2C(=O)[C@H]2CCCN(S(=O)(=O)N3CC(C#N)C3)C2)cc1. The van der Waals surface area contributed by atoms with E-state index < -0.39 is 58.5 Å². The van der Waals surface area contributed by atoms with Crippen molar-refractivity contribution in [2.24, 2.45) is 11.8 Å². The van der Waals surface area contributed by atoms with Crippen LogP contribution in [0.5, 0.6) is 0 Å². The molecule has 0 bridgehead atoms. The van der Waals surface area contributed by atoms with Gasteiger partial charge in [0, 0.05) is 45.2 Å². The summed E-state index contributed by atoms with van der Waals surface area (Å²) in [6, 6.07) is 3.68. The third-order valence-corrected chi connectivity index (χ3v) is 9.76. The van der Waals surface area contributed by atoms with E-state index in [4.69, 9.17) is 5.26 Å².